The molecule has 23 heavy (non-hydrogen) atoms. The number of pyridine rings is 1. The molecular formula is C15H14N2O4S2. The summed E-state index contributed by atoms with van der Waals surface area (Å²) in [5, 5.41) is 8.80. The summed E-state index contributed by atoms with van der Waals surface area (Å²) in [7, 11) is 0. The first-order chi connectivity index (χ1) is 10.9. The zero-order chi connectivity index (χ0) is 16.7. The van der Waals surface area contributed by atoms with Crippen molar-refractivity contribution in [2.24, 2.45) is 5.92 Å². The second-order valence-corrected chi connectivity index (χ2v) is 6.99. The molecule has 0 aromatic carbocycles. The van der Waals surface area contributed by atoms with E-state index >= 15 is 0 Å². The molecule has 1 amide bonds. The van der Waals surface area contributed by atoms with Gasteiger partial charge in [-0.15, -0.1) is 11.8 Å². The lowest BCUT2D eigenvalue weighted by molar-refractivity contribution is -0.153. The second-order valence-electron chi connectivity index (χ2n) is 5.37. The number of carbonyl (C=O) groups excluding carboxylic acids is 3. The van der Waals surface area contributed by atoms with Crippen molar-refractivity contribution in [1.29, 1.82) is 0 Å². The number of aromatic nitrogens is 1. The van der Waals surface area contributed by atoms with Crippen LogP contribution in [0, 0.1) is 5.92 Å². The molecule has 1 fully saturated rings. The largest absolute Gasteiger partial charge is 0.392 e. The van der Waals surface area contributed by atoms with Gasteiger partial charge in [-0.3, -0.25) is 24.3 Å². The molecular weight excluding hydrogens is 336 g/mol. The number of Topliss-reactive ketones (excluding diaryl/α,β-unsaturated/α-hetero) is 1. The van der Waals surface area contributed by atoms with Gasteiger partial charge in [0.1, 0.15) is 16.8 Å². The van der Waals surface area contributed by atoms with E-state index in [-0.39, 0.29) is 29.2 Å². The van der Waals surface area contributed by atoms with E-state index < -0.39 is 17.1 Å². The predicted octanol–water partition coefficient (Wildman–Crippen LogP) is 1.23. The number of allylic oxidation sites excluding steroid dienone is 1. The number of aliphatic hydroxyl groups is 1. The van der Waals surface area contributed by atoms with Gasteiger partial charge in [-0.2, -0.15) is 0 Å². The quantitative estimate of drug-likeness (QED) is 0.472. The van der Waals surface area contributed by atoms with Gasteiger partial charge in [0.2, 0.25) is 11.0 Å². The highest BCUT2D eigenvalue weighted by atomic mass is 32.2. The van der Waals surface area contributed by atoms with E-state index in [2.05, 4.69) is 17.6 Å². The molecule has 120 valence electrons. The maximum Gasteiger partial charge on any atom is 0.236 e. The Morgan fingerprint density at radius 1 is 1.48 bits per heavy atom. The fraction of sp³-hybridized carbons (Fsp3) is 0.333. The highest BCUT2D eigenvalue weighted by Crippen LogP contribution is 2.51. The average molecular weight is 350 g/mol. The molecule has 3 rings (SSSR count). The van der Waals surface area contributed by atoms with Crippen LogP contribution in [0.25, 0.3) is 0 Å². The van der Waals surface area contributed by atoms with Gasteiger partial charge >= 0.3 is 0 Å². The SMILES string of the molecule is C[C@H](O)[C@@H]1C(=O)N2C(C(=O)S)=C(CC(=O)c3ccccn3)S[C@H]12. The molecule has 0 spiro atoms. The number of ketones is 1. The van der Waals surface area contributed by atoms with Crippen LogP contribution in [0.15, 0.2) is 35.0 Å². The lowest BCUT2D eigenvalue weighted by atomic mass is 9.92. The molecule has 1 N–H and O–H groups in total. The Morgan fingerprint density at radius 2 is 2.22 bits per heavy atom. The van der Waals surface area contributed by atoms with Gasteiger partial charge in [0.15, 0.2) is 5.78 Å². The van der Waals surface area contributed by atoms with Gasteiger partial charge < -0.3 is 5.11 Å². The molecule has 0 radical (unpaired) electrons. The Bertz CT molecular complexity index is 717. The predicted molar refractivity (Wildman–Crippen MR) is 87.6 cm³/mol. The zero-order valence-corrected chi connectivity index (χ0v) is 13.9. The van der Waals surface area contributed by atoms with E-state index in [4.69, 9.17) is 0 Å². The van der Waals surface area contributed by atoms with Gasteiger partial charge in [0, 0.05) is 17.5 Å². The highest BCUT2D eigenvalue weighted by Gasteiger charge is 2.57. The third-order valence-electron chi connectivity index (χ3n) is 3.85. The van der Waals surface area contributed by atoms with Gasteiger partial charge in [0.25, 0.3) is 0 Å². The summed E-state index contributed by atoms with van der Waals surface area (Å²) < 4.78 is 0. The van der Waals surface area contributed by atoms with Gasteiger partial charge in [0.05, 0.1) is 12.0 Å². The van der Waals surface area contributed by atoms with Crippen molar-refractivity contribution >= 4 is 41.2 Å². The number of hydrogen-bond donors (Lipinski definition) is 2. The minimum atomic E-state index is -0.807. The van der Waals surface area contributed by atoms with E-state index in [0.29, 0.717) is 10.6 Å². The molecule has 8 heteroatoms. The Hall–Kier alpha value is -1.64. The molecule has 1 saturated heterocycles. The summed E-state index contributed by atoms with van der Waals surface area (Å²) in [4.78, 5) is 42.1. The average Bonchev–Trinajstić information content (AvgIpc) is 2.82. The van der Waals surface area contributed by atoms with Crippen molar-refractivity contribution in [3.8, 4) is 0 Å². The highest BCUT2D eigenvalue weighted by molar-refractivity contribution is 8.04. The smallest absolute Gasteiger partial charge is 0.236 e. The summed E-state index contributed by atoms with van der Waals surface area (Å²) in [6, 6.07) is 5.02. The first-order valence-electron chi connectivity index (χ1n) is 7.00. The first-order valence-corrected chi connectivity index (χ1v) is 8.33. The van der Waals surface area contributed by atoms with Crippen LogP contribution in [0.1, 0.15) is 23.8 Å². The molecule has 3 atom stereocenters. The van der Waals surface area contributed by atoms with Crippen molar-refractivity contribution in [2.75, 3.05) is 0 Å². The van der Waals surface area contributed by atoms with Gasteiger partial charge in [-0.05, 0) is 19.1 Å². The van der Waals surface area contributed by atoms with Gasteiger partial charge in [-0.25, -0.2) is 0 Å². The zero-order valence-electron chi connectivity index (χ0n) is 12.2. The van der Waals surface area contributed by atoms with Crippen molar-refractivity contribution in [3.05, 3.63) is 40.7 Å². The Morgan fingerprint density at radius 3 is 2.78 bits per heavy atom. The number of hydrogen-bond acceptors (Lipinski definition) is 6. The van der Waals surface area contributed by atoms with Crippen molar-refractivity contribution in [3.63, 3.8) is 0 Å². The molecule has 0 unspecified atom stereocenters. The van der Waals surface area contributed by atoms with Crippen molar-refractivity contribution in [1.82, 2.24) is 9.88 Å². The molecule has 2 aliphatic rings. The lowest BCUT2D eigenvalue weighted by Crippen LogP contribution is -2.60. The standard InChI is InChI=1S/C15H14N2O4S2/c1-7(18)11-13(20)17-12(15(21)22)10(23-14(11)17)6-9(19)8-4-2-3-5-16-8/h2-5,7,11,14,18H,6H2,1H3,(H,21,22)/t7-,11+,14+/m0/s1. The Labute approximate surface area is 142 Å². The minimum Gasteiger partial charge on any atom is -0.392 e. The molecule has 1 aromatic heterocycles. The number of carbonyl (C=O) groups is 3. The summed E-state index contributed by atoms with van der Waals surface area (Å²) in [6.45, 7) is 1.54. The summed E-state index contributed by atoms with van der Waals surface area (Å²) in [5.74, 6) is -1.11. The molecule has 0 bridgehead atoms. The summed E-state index contributed by atoms with van der Waals surface area (Å²) in [6.07, 6.45) is 0.697. The topological polar surface area (TPSA) is 87.6 Å². The minimum absolute atomic E-state index is 0.0177. The first kappa shape index (κ1) is 16.2. The number of aliphatic hydroxyl groups excluding tert-OH is 1. The summed E-state index contributed by atoms with van der Waals surface area (Å²) in [5.41, 5.74) is 0.453. The van der Waals surface area contributed by atoms with Crippen molar-refractivity contribution < 1.29 is 19.5 Å². The van der Waals surface area contributed by atoms with Crippen LogP contribution in [0.2, 0.25) is 0 Å². The van der Waals surface area contributed by atoms with Crippen LogP contribution in [-0.2, 0) is 9.59 Å². The number of rotatable bonds is 5. The monoisotopic (exact) mass is 350 g/mol. The number of thioether (sulfide) groups is 1. The number of nitrogens with zero attached hydrogens (tertiary/aromatic N) is 2. The Balaban J connectivity index is 1.86. The molecule has 1 aromatic rings. The maximum atomic E-state index is 12.3. The van der Waals surface area contributed by atoms with Gasteiger partial charge in [-0.1, -0.05) is 18.7 Å². The molecule has 2 aliphatic heterocycles. The van der Waals surface area contributed by atoms with Crippen LogP contribution < -0.4 is 0 Å². The van der Waals surface area contributed by atoms with Crippen LogP contribution in [0.5, 0.6) is 0 Å². The fourth-order valence-corrected chi connectivity index (χ4v) is 4.67. The van der Waals surface area contributed by atoms with Crippen LogP contribution >= 0.6 is 24.4 Å². The van der Waals surface area contributed by atoms with E-state index in [0.717, 1.165) is 0 Å². The van der Waals surface area contributed by atoms with Crippen LogP contribution in [0.3, 0.4) is 0 Å². The number of thiol groups is 1. The van der Waals surface area contributed by atoms with E-state index in [1.165, 1.54) is 22.9 Å². The molecule has 3 heterocycles. The van der Waals surface area contributed by atoms with Crippen LogP contribution in [0.4, 0.5) is 0 Å². The maximum absolute atomic E-state index is 12.3. The van der Waals surface area contributed by atoms with E-state index in [9.17, 15) is 19.5 Å². The molecule has 6 nitrogen and oxygen atoms in total. The third-order valence-corrected chi connectivity index (χ3v) is 5.43. The van der Waals surface area contributed by atoms with E-state index in [1.807, 2.05) is 0 Å². The molecule has 0 saturated carbocycles. The fourth-order valence-electron chi connectivity index (χ4n) is 2.74. The number of fused-ring (bicyclic) bond motifs is 1. The summed E-state index contributed by atoms with van der Waals surface area (Å²) >= 11 is 5.09. The normalized spacial score (nSPS) is 24.3. The number of amides is 1. The Kier molecular flexibility index (Phi) is 4.31. The van der Waals surface area contributed by atoms with Crippen molar-refractivity contribution in [2.45, 2.75) is 24.8 Å². The molecule has 0 aliphatic carbocycles. The third kappa shape index (κ3) is 2.71. The second kappa shape index (κ2) is 6.10. The van der Waals surface area contributed by atoms with E-state index in [1.54, 1.807) is 25.1 Å². The lowest BCUT2D eigenvalue weighted by Gasteiger charge is -2.43. The van der Waals surface area contributed by atoms with Crippen LogP contribution in [-0.4, -0.2) is 43.3 Å². The number of β-lactam (4-membered cyclic amide) rings is 1.